The van der Waals surface area contributed by atoms with Gasteiger partial charge in [-0.25, -0.2) is 0 Å². The minimum absolute atomic E-state index is 0.0363. The second-order valence-corrected chi connectivity index (χ2v) is 7.10. The van der Waals surface area contributed by atoms with Crippen LogP contribution in [-0.4, -0.2) is 44.4 Å². The number of thiophene rings is 1. The molecule has 0 spiro atoms. The Hall–Kier alpha value is -1.77. The van der Waals surface area contributed by atoms with Gasteiger partial charge >= 0.3 is 5.97 Å². The van der Waals surface area contributed by atoms with Crippen LogP contribution >= 0.6 is 24.0 Å². The number of carbonyl (C=O) groups excluding carboxylic acids is 2. The maximum atomic E-state index is 12.4. The van der Waals surface area contributed by atoms with Crippen LogP contribution in [0.3, 0.4) is 0 Å². The number of Topliss-reactive ketones (excluding diaryl/α,β-unsaturated/α-hetero) is 1. The molecule has 0 aliphatic rings. The van der Waals surface area contributed by atoms with E-state index < -0.39 is 5.97 Å². The van der Waals surface area contributed by atoms with Crippen LogP contribution in [0.2, 0.25) is 0 Å². The predicted octanol–water partition coefficient (Wildman–Crippen LogP) is 4.10. The third kappa shape index (κ3) is 6.68. The van der Waals surface area contributed by atoms with Gasteiger partial charge in [0.15, 0.2) is 17.3 Å². The van der Waals surface area contributed by atoms with E-state index in [1.54, 1.807) is 20.3 Å². The zero-order valence-corrected chi connectivity index (χ0v) is 18.5. The Balaban J connectivity index is 0.00000190. The maximum Gasteiger partial charge on any atom is 0.306 e. The van der Waals surface area contributed by atoms with Crippen LogP contribution in [0.25, 0.3) is 10.1 Å². The van der Waals surface area contributed by atoms with Crippen LogP contribution in [0, 0.1) is 0 Å². The molecule has 0 saturated carbocycles. The number of nitrogens with two attached hydrogens (primary N) is 1. The van der Waals surface area contributed by atoms with Gasteiger partial charge in [-0.3, -0.25) is 9.59 Å². The van der Waals surface area contributed by atoms with Crippen molar-refractivity contribution in [2.75, 3.05) is 26.5 Å². The Kier molecular flexibility index (Phi) is 11.0. The van der Waals surface area contributed by atoms with Crippen LogP contribution in [0.4, 0.5) is 0 Å². The van der Waals surface area contributed by atoms with Gasteiger partial charge in [0.1, 0.15) is 6.10 Å². The van der Waals surface area contributed by atoms with Crippen molar-refractivity contribution in [1.29, 1.82) is 0 Å². The second kappa shape index (κ2) is 12.6. The lowest BCUT2D eigenvalue weighted by molar-refractivity contribution is -0.148. The minimum Gasteiger partial charge on any atom is -0.493 e. The normalized spacial score (nSPS) is 11.4. The average Bonchev–Trinajstić information content (AvgIpc) is 3.14. The average molecular weight is 428 g/mol. The Bertz CT molecular complexity index is 734. The van der Waals surface area contributed by atoms with Crippen LogP contribution in [0.5, 0.6) is 11.5 Å². The molecule has 6 nitrogen and oxygen atoms in total. The molecule has 2 aromatic rings. The molecule has 2 rings (SSSR count). The van der Waals surface area contributed by atoms with Crippen molar-refractivity contribution in [3.8, 4) is 11.5 Å². The Morgan fingerprint density at radius 2 is 1.75 bits per heavy atom. The third-order valence-corrected chi connectivity index (χ3v) is 5.39. The van der Waals surface area contributed by atoms with E-state index in [0.717, 1.165) is 10.1 Å². The highest BCUT2D eigenvalue weighted by atomic mass is 32.1. The van der Waals surface area contributed by atoms with Crippen molar-refractivity contribution >= 4 is 45.8 Å². The molecule has 1 aromatic heterocycles. The largest absolute Gasteiger partial charge is 0.493 e. The molecule has 1 heterocycles. The molecule has 0 fully saturated rings. The summed E-state index contributed by atoms with van der Waals surface area (Å²) in [5, 5.41) is 0.900. The van der Waals surface area contributed by atoms with Gasteiger partial charge in [0, 0.05) is 22.9 Å². The molecule has 0 saturated heterocycles. The van der Waals surface area contributed by atoms with Crippen LogP contribution in [0.15, 0.2) is 18.2 Å². The first-order valence-corrected chi connectivity index (χ1v) is 10.7. The summed E-state index contributed by atoms with van der Waals surface area (Å²) >= 11 is 5.50. The lowest BCUT2D eigenvalue weighted by Crippen LogP contribution is -2.23. The number of methoxy groups -OCH3 is 2. The molecular formula is C20H29NO5S2. The van der Waals surface area contributed by atoms with E-state index in [2.05, 4.69) is 12.6 Å². The van der Waals surface area contributed by atoms with Gasteiger partial charge < -0.3 is 19.9 Å². The van der Waals surface area contributed by atoms with Crippen LogP contribution in [-0.2, 0) is 9.53 Å². The van der Waals surface area contributed by atoms with E-state index in [4.69, 9.17) is 19.9 Å². The smallest absolute Gasteiger partial charge is 0.306 e. The Morgan fingerprint density at radius 1 is 1.11 bits per heavy atom. The Labute approximate surface area is 175 Å². The molecule has 1 aromatic carbocycles. The summed E-state index contributed by atoms with van der Waals surface area (Å²) in [4.78, 5) is 24.9. The summed E-state index contributed by atoms with van der Waals surface area (Å²) in [6, 6.07) is 5.48. The molecule has 156 valence electrons. The number of thiol groups is 1. The molecule has 1 unspecified atom stereocenters. The summed E-state index contributed by atoms with van der Waals surface area (Å²) in [5.41, 5.74) is 5.46. The minimum atomic E-state index is -0.407. The van der Waals surface area contributed by atoms with E-state index >= 15 is 0 Å². The molecule has 0 amide bonds. The van der Waals surface area contributed by atoms with Crippen molar-refractivity contribution in [1.82, 2.24) is 0 Å². The fourth-order valence-electron chi connectivity index (χ4n) is 2.46. The third-order valence-electron chi connectivity index (χ3n) is 3.84. The zero-order chi connectivity index (χ0) is 21.1. The fourth-order valence-corrected chi connectivity index (χ4v) is 3.76. The predicted molar refractivity (Wildman–Crippen MR) is 117 cm³/mol. The highest BCUT2D eigenvalue weighted by Gasteiger charge is 2.17. The van der Waals surface area contributed by atoms with Gasteiger partial charge in [-0.05, 0) is 30.5 Å². The first-order chi connectivity index (χ1) is 13.5. The SMILES string of the molecule is CC.COc1cc2cc(C(=O)CCC(=O)OC(CS)CCN)sc2cc1OC. The second-order valence-electron chi connectivity index (χ2n) is 5.65. The number of ketones is 1. The number of benzene rings is 1. The number of carbonyl (C=O) groups is 2. The van der Waals surface area contributed by atoms with Gasteiger partial charge in [-0.2, -0.15) is 12.6 Å². The standard InChI is InChI=1S/C18H23NO5S2.C2H6/c1-22-14-7-11-8-17(26-16(11)9-15(14)23-2)13(20)3-4-18(21)24-12(10-25)5-6-19;1-2/h7-9,12,25H,3-6,10,19H2,1-2H3;1-2H3. The van der Waals surface area contributed by atoms with Crippen molar-refractivity contribution in [2.45, 2.75) is 39.2 Å². The number of rotatable bonds is 10. The molecule has 0 radical (unpaired) electrons. The summed E-state index contributed by atoms with van der Waals surface area (Å²) < 4.78 is 16.8. The van der Waals surface area contributed by atoms with E-state index in [9.17, 15) is 9.59 Å². The van der Waals surface area contributed by atoms with Crippen LogP contribution < -0.4 is 15.2 Å². The monoisotopic (exact) mass is 427 g/mol. The highest BCUT2D eigenvalue weighted by molar-refractivity contribution is 7.80. The molecule has 0 bridgehead atoms. The van der Waals surface area contributed by atoms with Gasteiger partial charge in [0.25, 0.3) is 0 Å². The molecule has 1 atom stereocenters. The first-order valence-electron chi connectivity index (χ1n) is 9.21. The lowest BCUT2D eigenvalue weighted by atomic mass is 10.1. The van der Waals surface area contributed by atoms with Gasteiger partial charge in [0.2, 0.25) is 0 Å². The molecule has 0 aliphatic heterocycles. The van der Waals surface area contributed by atoms with Gasteiger partial charge in [0.05, 0.1) is 25.5 Å². The summed E-state index contributed by atoms with van der Waals surface area (Å²) in [6.07, 6.45) is 0.384. The number of esters is 1. The van der Waals surface area contributed by atoms with E-state index in [0.29, 0.717) is 35.1 Å². The topological polar surface area (TPSA) is 87.9 Å². The Morgan fingerprint density at radius 3 is 2.32 bits per heavy atom. The van der Waals surface area contributed by atoms with E-state index in [1.165, 1.54) is 11.3 Å². The van der Waals surface area contributed by atoms with Crippen molar-refractivity contribution in [3.05, 3.63) is 23.1 Å². The maximum absolute atomic E-state index is 12.4. The zero-order valence-electron chi connectivity index (χ0n) is 16.8. The highest BCUT2D eigenvalue weighted by Crippen LogP contribution is 2.36. The van der Waals surface area contributed by atoms with Crippen molar-refractivity contribution < 1.29 is 23.8 Å². The van der Waals surface area contributed by atoms with E-state index in [-0.39, 0.29) is 24.7 Å². The summed E-state index contributed by atoms with van der Waals surface area (Å²) in [7, 11) is 3.13. The summed E-state index contributed by atoms with van der Waals surface area (Å²) in [6.45, 7) is 4.42. The van der Waals surface area contributed by atoms with E-state index in [1.807, 2.05) is 26.0 Å². The quantitative estimate of drug-likeness (QED) is 0.337. The van der Waals surface area contributed by atoms with Gasteiger partial charge in [-0.1, -0.05) is 13.8 Å². The number of hydrogen-bond acceptors (Lipinski definition) is 8. The fraction of sp³-hybridized carbons (Fsp3) is 0.500. The molecule has 2 N–H and O–H groups in total. The number of hydrogen-bond donors (Lipinski definition) is 2. The van der Waals surface area contributed by atoms with Crippen molar-refractivity contribution in [2.24, 2.45) is 5.73 Å². The van der Waals surface area contributed by atoms with Gasteiger partial charge in [-0.15, -0.1) is 11.3 Å². The first kappa shape index (κ1) is 24.3. The van der Waals surface area contributed by atoms with Crippen molar-refractivity contribution in [3.63, 3.8) is 0 Å². The lowest BCUT2D eigenvalue weighted by Gasteiger charge is -2.14. The van der Waals surface area contributed by atoms with Crippen LogP contribution in [0.1, 0.15) is 42.8 Å². The summed E-state index contributed by atoms with van der Waals surface area (Å²) in [5.74, 6) is 1.13. The molecular weight excluding hydrogens is 398 g/mol. The molecule has 0 aliphatic carbocycles. The number of fused-ring (bicyclic) bond motifs is 1. The number of ether oxygens (including phenoxy) is 3. The molecule has 28 heavy (non-hydrogen) atoms. The molecule has 8 heteroatoms.